The van der Waals surface area contributed by atoms with Crippen molar-refractivity contribution in [1.29, 1.82) is 0 Å². The molecule has 2 rings (SSSR count). The fourth-order valence-electron chi connectivity index (χ4n) is 2.93. The van der Waals surface area contributed by atoms with E-state index < -0.39 is 0 Å². The van der Waals surface area contributed by atoms with Crippen molar-refractivity contribution >= 4 is 11.8 Å². The highest BCUT2D eigenvalue weighted by Crippen LogP contribution is 2.30. The molecule has 1 fully saturated rings. The Morgan fingerprint density at radius 3 is 2.89 bits per heavy atom. The minimum atomic E-state index is -0.0815. The molecular formula is C16H24FNS. The molecule has 0 radical (unpaired) electrons. The smallest absolute Gasteiger partial charge is 0.126 e. The molecule has 0 saturated heterocycles. The number of rotatable bonds is 6. The number of nitrogens with one attached hydrogen (secondary N) is 1. The molecule has 3 heteroatoms. The van der Waals surface area contributed by atoms with Gasteiger partial charge < -0.3 is 5.32 Å². The molecular weight excluding hydrogens is 257 g/mol. The fraction of sp³-hybridized carbons (Fsp3) is 0.625. The summed E-state index contributed by atoms with van der Waals surface area (Å²) in [7, 11) is 0. The van der Waals surface area contributed by atoms with Gasteiger partial charge in [-0.2, -0.15) is 11.8 Å². The Bertz CT molecular complexity index is 396. The second-order valence-corrected chi connectivity index (χ2v) is 7.03. The molecule has 0 spiro atoms. The highest BCUT2D eigenvalue weighted by atomic mass is 32.2. The maximum absolute atomic E-state index is 13.6. The zero-order valence-corrected chi connectivity index (χ0v) is 12.7. The van der Waals surface area contributed by atoms with Gasteiger partial charge in [0.2, 0.25) is 0 Å². The predicted molar refractivity (Wildman–Crippen MR) is 82.3 cm³/mol. The molecule has 0 bridgehead atoms. The summed E-state index contributed by atoms with van der Waals surface area (Å²) in [6.07, 6.45) is 4.62. The van der Waals surface area contributed by atoms with Crippen LogP contribution in [0, 0.1) is 5.82 Å². The molecule has 0 aromatic heterocycles. The van der Waals surface area contributed by atoms with E-state index in [1.807, 2.05) is 12.1 Å². The van der Waals surface area contributed by atoms with Gasteiger partial charge in [0.15, 0.2) is 0 Å². The lowest BCUT2D eigenvalue weighted by Gasteiger charge is -2.20. The molecule has 19 heavy (non-hydrogen) atoms. The Morgan fingerprint density at radius 2 is 2.16 bits per heavy atom. The second-order valence-electron chi connectivity index (χ2n) is 5.45. The minimum Gasteiger partial charge on any atom is -0.311 e. The molecule has 1 nitrogen and oxygen atoms in total. The van der Waals surface area contributed by atoms with Crippen molar-refractivity contribution in [3.8, 4) is 0 Å². The Kier molecular flexibility index (Phi) is 5.71. The molecule has 1 aliphatic carbocycles. The van der Waals surface area contributed by atoms with Gasteiger partial charge in [0, 0.05) is 17.3 Å². The van der Waals surface area contributed by atoms with Crippen LogP contribution in [0.25, 0.3) is 0 Å². The average Bonchev–Trinajstić information content (AvgIpc) is 2.80. The molecule has 1 aliphatic rings. The van der Waals surface area contributed by atoms with Crippen LogP contribution in [-0.2, 0) is 6.42 Å². The number of halogens is 1. The first-order valence-corrected chi connectivity index (χ1v) is 8.35. The number of thioether (sulfide) groups is 1. The Morgan fingerprint density at radius 1 is 1.37 bits per heavy atom. The van der Waals surface area contributed by atoms with Crippen molar-refractivity contribution in [2.75, 3.05) is 5.75 Å². The van der Waals surface area contributed by atoms with Gasteiger partial charge in [-0.15, -0.1) is 0 Å². The first-order valence-electron chi connectivity index (χ1n) is 7.30. The van der Waals surface area contributed by atoms with E-state index in [4.69, 9.17) is 0 Å². The lowest BCUT2D eigenvalue weighted by molar-refractivity contribution is 0.443. The Hall–Kier alpha value is -0.540. The lowest BCUT2D eigenvalue weighted by atomic mass is 10.1. The van der Waals surface area contributed by atoms with Gasteiger partial charge in [-0.25, -0.2) is 4.39 Å². The third-order valence-corrected chi connectivity index (χ3v) is 5.02. The molecule has 0 heterocycles. The number of hydrogen-bond donors (Lipinski definition) is 1. The SMILES string of the molecule is CCSC1CCC(NC(C)Cc2ccccc2F)C1. The standard InChI is InChI=1S/C16H24FNS/c1-3-19-15-9-8-14(11-15)18-12(2)10-13-6-4-5-7-16(13)17/h4-7,12,14-15,18H,3,8-11H2,1-2H3. The summed E-state index contributed by atoms with van der Waals surface area (Å²) in [5.74, 6) is 1.13. The molecule has 1 saturated carbocycles. The Labute approximate surface area is 120 Å². The van der Waals surface area contributed by atoms with Crippen LogP contribution in [-0.4, -0.2) is 23.1 Å². The van der Waals surface area contributed by atoms with Gasteiger partial charge in [0.05, 0.1) is 0 Å². The number of hydrogen-bond acceptors (Lipinski definition) is 2. The van der Waals surface area contributed by atoms with Crippen LogP contribution >= 0.6 is 11.8 Å². The second kappa shape index (κ2) is 7.30. The van der Waals surface area contributed by atoms with E-state index in [1.165, 1.54) is 25.0 Å². The normalized spacial score (nSPS) is 24.6. The average molecular weight is 281 g/mol. The van der Waals surface area contributed by atoms with Crippen molar-refractivity contribution in [1.82, 2.24) is 5.32 Å². The van der Waals surface area contributed by atoms with Crippen LogP contribution in [0.1, 0.15) is 38.7 Å². The zero-order chi connectivity index (χ0) is 13.7. The summed E-state index contributed by atoms with van der Waals surface area (Å²) in [5, 5.41) is 4.49. The van der Waals surface area contributed by atoms with Gasteiger partial charge in [0.25, 0.3) is 0 Å². The highest BCUT2D eigenvalue weighted by Gasteiger charge is 2.25. The number of benzene rings is 1. The van der Waals surface area contributed by atoms with Gasteiger partial charge in [0.1, 0.15) is 5.82 Å². The van der Waals surface area contributed by atoms with Gasteiger partial charge in [-0.05, 0) is 50.0 Å². The van der Waals surface area contributed by atoms with E-state index in [0.717, 1.165) is 17.2 Å². The monoisotopic (exact) mass is 281 g/mol. The largest absolute Gasteiger partial charge is 0.311 e. The van der Waals surface area contributed by atoms with Crippen molar-refractivity contribution < 1.29 is 4.39 Å². The van der Waals surface area contributed by atoms with Crippen LogP contribution in [0.3, 0.4) is 0 Å². The minimum absolute atomic E-state index is 0.0815. The summed E-state index contributed by atoms with van der Waals surface area (Å²) in [5.41, 5.74) is 0.819. The van der Waals surface area contributed by atoms with Crippen LogP contribution in [0.5, 0.6) is 0 Å². The maximum atomic E-state index is 13.6. The van der Waals surface area contributed by atoms with Crippen LogP contribution in [0.15, 0.2) is 24.3 Å². The summed E-state index contributed by atoms with van der Waals surface area (Å²) < 4.78 is 13.6. The fourth-order valence-corrected chi connectivity index (χ4v) is 4.08. The van der Waals surface area contributed by atoms with Crippen molar-refractivity contribution in [3.63, 3.8) is 0 Å². The topological polar surface area (TPSA) is 12.0 Å². The van der Waals surface area contributed by atoms with Crippen molar-refractivity contribution in [3.05, 3.63) is 35.6 Å². The molecule has 0 amide bonds. The van der Waals surface area contributed by atoms with E-state index in [-0.39, 0.29) is 5.82 Å². The summed E-state index contributed by atoms with van der Waals surface area (Å²) in [6, 6.07) is 8.05. The summed E-state index contributed by atoms with van der Waals surface area (Å²) in [6.45, 7) is 4.39. The zero-order valence-electron chi connectivity index (χ0n) is 11.9. The first kappa shape index (κ1) is 14.9. The molecule has 0 aliphatic heterocycles. The van der Waals surface area contributed by atoms with Crippen LogP contribution in [0.2, 0.25) is 0 Å². The first-order chi connectivity index (χ1) is 9.19. The van der Waals surface area contributed by atoms with Crippen LogP contribution in [0.4, 0.5) is 4.39 Å². The van der Waals surface area contributed by atoms with Gasteiger partial charge >= 0.3 is 0 Å². The van der Waals surface area contributed by atoms with Crippen molar-refractivity contribution in [2.45, 2.75) is 56.9 Å². The highest BCUT2D eigenvalue weighted by molar-refractivity contribution is 7.99. The summed E-state index contributed by atoms with van der Waals surface area (Å²) >= 11 is 2.08. The Balaban J connectivity index is 1.79. The maximum Gasteiger partial charge on any atom is 0.126 e. The quantitative estimate of drug-likeness (QED) is 0.845. The van der Waals surface area contributed by atoms with E-state index in [2.05, 4.69) is 30.9 Å². The van der Waals surface area contributed by atoms with E-state index in [0.29, 0.717) is 12.1 Å². The van der Waals surface area contributed by atoms with Gasteiger partial charge in [-0.3, -0.25) is 0 Å². The lowest BCUT2D eigenvalue weighted by Crippen LogP contribution is -2.36. The van der Waals surface area contributed by atoms with Crippen molar-refractivity contribution in [2.24, 2.45) is 0 Å². The molecule has 1 aromatic rings. The third kappa shape index (κ3) is 4.50. The molecule has 1 N–H and O–H groups in total. The van der Waals surface area contributed by atoms with E-state index >= 15 is 0 Å². The molecule has 3 atom stereocenters. The van der Waals surface area contributed by atoms with E-state index in [9.17, 15) is 4.39 Å². The molecule has 1 aromatic carbocycles. The summed E-state index contributed by atoms with van der Waals surface area (Å²) in [4.78, 5) is 0. The van der Waals surface area contributed by atoms with Gasteiger partial charge in [-0.1, -0.05) is 25.1 Å². The van der Waals surface area contributed by atoms with Crippen LogP contribution < -0.4 is 5.32 Å². The van der Waals surface area contributed by atoms with E-state index in [1.54, 1.807) is 12.1 Å². The molecule has 106 valence electrons. The predicted octanol–water partition coefficient (Wildman–Crippen LogP) is 4.02. The third-order valence-electron chi connectivity index (χ3n) is 3.79. The molecule has 3 unspecified atom stereocenters.